The number of methoxy groups -OCH3 is 1. The van der Waals surface area contributed by atoms with Crippen LogP contribution in [0, 0.1) is 5.41 Å². The second-order valence-corrected chi connectivity index (χ2v) is 5.95. The number of nitrogens with two attached hydrogens (primary N) is 1. The molecule has 1 rings (SSSR count). The van der Waals surface area contributed by atoms with Crippen molar-refractivity contribution < 1.29 is 14.3 Å². The fourth-order valence-electron chi connectivity index (χ4n) is 2.31. The highest BCUT2D eigenvalue weighted by Crippen LogP contribution is 2.25. The standard InChI is InChI=1S/C14H25N3O3S/c1-4-14(2,12(15)21)13(19)17-9-7-16(8-10-17)6-5-11(18)20-3/h4-10H2,1-3H3,(H2,15,21). The van der Waals surface area contributed by atoms with Crippen molar-refractivity contribution in [1.82, 2.24) is 9.80 Å². The van der Waals surface area contributed by atoms with Gasteiger partial charge in [-0.05, 0) is 13.3 Å². The molecule has 1 fully saturated rings. The lowest BCUT2D eigenvalue weighted by Crippen LogP contribution is -2.55. The second-order valence-electron chi connectivity index (χ2n) is 5.51. The summed E-state index contributed by atoms with van der Waals surface area (Å²) in [6, 6.07) is 0. The molecule has 1 saturated heterocycles. The fourth-order valence-corrected chi connectivity index (χ4v) is 2.54. The van der Waals surface area contributed by atoms with E-state index in [2.05, 4.69) is 9.64 Å². The Morgan fingerprint density at radius 1 is 1.29 bits per heavy atom. The molecule has 21 heavy (non-hydrogen) atoms. The van der Waals surface area contributed by atoms with Crippen LogP contribution in [0.15, 0.2) is 0 Å². The van der Waals surface area contributed by atoms with Gasteiger partial charge in [-0.15, -0.1) is 0 Å². The minimum atomic E-state index is -0.760. The van der Waals surface area contributed by atoms with Crippen LogP contribution in [0.3, 0.4) is 0 Å². The Morgan fingerprint density at radius 3 is 2.29 bits per heavy atom. The predicted molar refractivity (Wildman–Crippen MR) is 84.8 cm³/mol. The van der Waals surface area contributed by atoms with Crippen molar-refractivity contribution in [3.63, 3.8) is 0 Å². The first kappa shape index (κ1) is 17.8. The minimum Gasteiger partial charge on any atom is -0.469 e. The molecule has 0 radical (unpaired) electrons. The van der Waals surface area contributed by atoms with Crippen molar-refractivity contribution in [2.45, 2.75) is 26.7 Å². The van der Waals surface area contributed by atoms with E-state index in [1.165, 1.54) is 7.11 Å². The number of nitrogens with zero attached hydrogens (tertiary/aromatic N) is 2. The van der Waals surface area contributed by atoms with Crippen LogP contribution in [0.4, 0.5) is 0 Å². The molecule has 2 N–H and O–H groups in total. The molecule has 1 aliphatic heterocycles. The van der Waals surface area contributed by atoms with Gasteiger partial charge in [0.05, 0.1) is 23.9 Å². The van der Waals surface area contributed by atoms with Gasteiger partial charge < -0.3 is 15.4 Å². The number of hydrogen-bond acceptors (Lipinski definition) is 5. The Balaban J connectivity index is 2.51. The highest BCUT2D eigenvalue weighted by molar-refractivity contribution is 7.80. The van der Waals surface area contributed by atoms with Crippen molar-refractivity contribution in [2.75, 3.05) is 39.8 Å². The smallest absolute Gasteiger partial charge is 0.306 e. The third-order valence-corrected chi connectivity index (χ3v) is 4.69. The number of ether oxygens (including phenoxy) is 1. The van der Waals surface area contributed by atoms with Crippen LogP contribution >= 0.6 is 12.2 Å². The monoisotopic (exact) mass is 315 g/mol. The summed E-state index contributed by atoms with van der Waals surface area (Å²) in [5.74, 6) is -0.203. The van der Waals surface area contributed by atoms with Crippen LogP contribution in [0.2, 0.25) is 0 Å². The molecular weight excluding hydrogens is 290 g/mol. The quantitative estimate of drug-likeness (QED) is 0.565. The summed E-state index contributed by atoms with van der Waals surface area (Å²) in [6.07, 6.45) is 0.980. The Morgan fingerprint density at radius 2 is 1.86 bits per heavy atom. The van der Waals surface area contributed by atoms with Gasteiger partial charge in [0.25, 0.3) is 0 Å². The maximum absolute atomic E-state index is 12.6. The third-order valence-electron chi connectivity index (χ3n) is 4.24. The number of esters is 1. The normalized spacial score (nSPS) is 18.9. The molecule has 1 amide bonds. The van der Waals surface area contributed by atoms with Crippen molar-refractivity contribution in [3.05, 3.63) is 0 Å². The number of rotatable bonds is 6. The average molecular weight is 315 g/mol. The molecule has 1 heterocycles. The van der Waals surface area contributed by atoms with Gasteiger partial charge in [0.15, 0.2) is 0 Å². The van der Waals surface area contributed by atoms with E-state index < -0.39 is 5.41 Å². The highest BCUT2D eigenvalue weighted by Gasteiger charge is 2.38. The molecule has 6 nitrogen and oxygen atoms in total. The van der Waals surface area contributed by atoms with E-state index in [1.54, 1.807) is 6.92 Å². The lowest BCUT2D eigenvalue weighted by atomic mass is 9.85. The van der Waals surface area contributed by atoms with Crippen molar-refractivity contribution >= 4 is 29.1 Å². The first-order chi connectivity index (χ1) is 9.85. The number of amides is 1. The van der Waals surface area contributed by atoms with Gasteiger partial charge >= 0.3 is 5.97 Å². The Kier molecular flexibility index (Phi) is 6.54. The van der Waals surface area contributed by atoms with E-state index >= 15 is 0 Å². The van der Waals surface area contributed by atoms with E-state index in [0.29, 0.717) is 32.5 Å². The zero-order chi connectivity index (χ0) is 16.0. The van der Waals surface area contributed by atoms with Crippen molar-refractivity contribution in [2.24, 2.45) is 11.1 Å². The van der Waals surface area contributed by atoms with Crippen LogP contribution in [-0.4, -0.2) is 66.5 Å². The molecule has 0 saturated carbocycles. The van der Waals surface area contributed by atoms with Gasteiger partial charge in [-0.25, -0.2) is 0 Å². The van der Waals surface area contributed by atoms with Gasteiger partial charge in [0.1, 0.15) is 0 Å². The molecule has 0 bridgehead atoms. The van der Waals surface area contributed by atoms with Gasteiger partial charge in [0, 0.05) is 32.7 Å². The topological polar surface area (TPSA) is 75.9 Å². The summed E-state index contributed by atoms with van der Waals surface area (Å²) in [4.78, 5) is 27.9. The molecule has 0 aliphatic carbocycles. The van der Waals surface area contributed by atoms with Gasteiger partial charge in [0.2, 0.25) is 5.91 Å². The van der Waals surface area contributed by atoms with Crippen molar-refractivity contribution in [3.8, 4) is 0 Å². The third kappa shape index (κ3) is 4.38. The Bertz CT molecular complexity index is 408. The molecule has 120 valence electrons. The maximum atomic E-state index is 12.6. The van der Waals surface area contributed by atoms with E-state index in [9.17, 15) is 9.59 Å². The van der Waals surface area contributed by atoms with E-state index in [4.69, 9.17) is 18.0 Å². The molecule has 0 spiro atoms. The van der Waals surface area contributed by atoms with Crippen LogP contribution in [-0.2, 0) is 14.3 Å². The minimum absolute atomic E-state index is 0.00474. The average Bonchev–Trinajstić information content (AvgIpc) is 2.51. The zero-order valence-electron chi connectivity index (χ0n) is 13.1. The van der Waals surface area contributed by atoms with Crippen LogP contribution in [0.1, 0.15) is 26.7 Å². The summed E-state index contributed by atoms with van der Waals surface area (Å²) in [5, 5.41) is 0. The molecule has 0 aromatic carbocycles. The molecule has 7 heteroatoms. The van der Waals surface area contributed by atoms with Gasteiger partial charge in [-0.2, -0.15) is 0 Å². The highest BCUT2D eigenvalue weighted by atomic mass is 32.1. The van der Waals surface area contributed by atoms with Gasteiger partial charge in [-0.3, -0.25) is 14.5 Å². The summed E-state index contributed by atoms with van der Waals surface area (Å²) < 4.78 is 4.63. The summed E-state index contributed by atoms with van der Waals surface area (Å²) in [7, 11) is 1.39. The molecule has 1 aliphatic rings. The van der Waals surface area contributed by atoms with Crippen LogP contribution in [0.25, 0.3) is 0 Å². The summed E-state index contributed by atoms with van der Waals surface area (Å²) >= 11 is 5.05. The lowest BCUT2D eigenvalue weighted by Gasteiger charge is -2.39. The van der Waals surface area contributed by atoms with E-state index in [0.717, 1.165) is 13.1 Å². The lowest BCUT2D eigenvalue weighted by molar-refractivity contribution is -0.142. The molecular formula is C14H25N3O3S. The molecule has 0 aromatic heterocycles. The van der Waals surface area contributed by atoms with Crippen molar-refractivity contribution in [1.29, 1.82) is 0 Å². The first-order valence-corrected chi connectivity index (χ1v) is 7.64. The number of hydrogen-bond donors (Lipinski definition) is 1. The Hall–Kier alpha value is -1.21. The number of carbonyl (C=O) groups is 2. The SMILES string of the molecule is CCC(C)(C(=O)N1CCN(CCC(=O)OC)CC1)C(N)=S. The van der Waals surface area contributed by atoms with Gasteiger partial charge in [-0.1, -0.05) is 19.1 Å². The zero-order valence-corrected chi connectivity index (χ0v) is 13.9. The van der Waals surface area contributed by atoms with Crippen LogP contribution < -0.4 is 5.73 Å². The first-order valence-electron chi connectivity index (χ1n) is 7.23. The van der Waals surface area contributed by atoms with E-state index in [1.807, 2.05) is 11.8 Å². The van der Waals surface area contributed by atoms with E-state index in [-0.39, 0.29) is 16.9 Å². The number of thiocarbonyl (C=S) groups is 1. The summed E-state index contributed by atoms with van der Waals surface area (Å²) in [6.45, 7) is 7.16. The molecule has 1 unspecified atom stereocenters. The molecule has 1 atom stereocenters. The second kappa shape index (κ2) is 7.70. The largest absolute Gasteiger partial charge is 0.469 e. The number of carbonyl (C=O) groups excluding carboxylic acids is 2. The fraction of sp³-hybridized carbons (Fsp3) is 0.786. The number of piperazine rings is 1. The Labute approximate surface area is 131 Å². The van der Waals surface area contributed by atoms with Crippen LogP contribution in [0.5, 0.6) is 0 Å². The predicted octanol–water partition coefficient (Wildman–Crippen LogP) is 0.396. The maximum Gasteiger partial charge on any atom is 0.306 e. The summed E-state index contributed by atoms with van der Waals surface area (Å²) in [5.41, 5.74) is 4.97. The molecule has 0 aromatic rings.